The minimum absolute atomic E-state index is 0.148. The van der Waals surface area contributed by atoms with Gasteiger partial charge in [-0.3, -0.25) is 19.7 Å². The van der Waals surface area contributed by atoms with Gasteiger partial charge in [0.05, 0.1) is 5.92 Å². The van der Waals surface area contributed by atoms with Gasteiger partial charge in [0.2, 0.25) is 11.8 Å². The van der Waals surface area contributed by atoms with Gasteiger partial charge in [-0.25, -0.2) is 4.79 Å². The summed E-state index contributed by atoms with van der Waals surface area (Å²) in [4.78, 5) is 44.2. The first-order valence-electron chi connectivity index (χ1n) is 7.62. The molecule has 2 saturated heterocycles. The normalized spacial score (nSPS) is 18.8. The molecule has 2 heterocycles. The second kappa shape index (κ2) is 7.94. The van der Waals surface area contributed by atoms with Crippen molar-refractivity contribution in [1.29, 1.82) is 0 Å². The maximum absolute atomic E-state index is 11.6. The van der Waals surface area contributed by atoms with Gasteiger partial charge in [-0.2, -0.15) is 0 Å². The van der Waals surface area contributed by atoms with Crippen molar-refractivity contribution >= 4 is 23.9 Å². The number of hydrogen-bond donors (Lipinski definition) is 2. The highest BCUT2D eigenvalue weighted by Crippen LogP contribution is 2.19. The topological polar surface area (TPSA) is 113 Å². The van der Waals surface area contributed by atoms with Gasteiger partial charge in [0, 0.05) is 25.9 Å². The number of carboxylic acids is 1. The molecule has 0 atom stereocenters. The van der Waals surface area contributed by atoms with Gasteiger partial charge in [-0.05, 0) is 33.6 Å². The molecule has 0 aromatic rings. The van der Waals surface area contributed by atoms with Gasteiger partial charge in [0.25, 0.3) is 0 Å². The number of nitrogens with zero attached hydrogens (tertiary/aromatic N) is 1. The van der Waals surface area contributed by atoms with E-state index >= 15 is 0 Å². The molecule has 8 nitrogen and oxygen atoms in total. The summed E-state index contributed by atoms with van der Waals surface area (Å²) in [7, 11) is 0. The van der Waals surface area contributed by atoms with Crippen LogP contribution in [0.4, 0.5) is 4.79 Å². The van der Waals surface area contributed by atoms with E-state index in [9.17, 15) is 19.2 Å². The molecule has 0 bridgehead atoms. The molecule has 2 rings (SSSR count). The number of rotatable bonds is 1. The van der Waals surface area contributed by atoms with Crippen LogP contribution >= 0.6 is 0 Å². The molecule has 0 spiro atoms. The van der Waals surface area contributed by atoms with Crippen molar-refractivity contribution in [2.45, 2.75) is 52.1 Å². The van der Waals surface area contributed by atoms with E-state index in [4.69, 9.17) is 9.84 Å². The number of carbonyl (C=O) groups excluding carboxylic acids is 3. The molecule has 3 amide bonds. The summed E-state index contributed by atoms with van der Waals surface area (Å²) in [5.74, 6) is -1.39. The Kier molecular flexibility index (Phi) is 6.53. The van der Waals surface area contributed by atoms with E-state index in [1.54, 1.807) is 4.90 Å². The fourth-order valence-corrected chi connectivity index (χ4v) is 2.14. The molecule has 0 aromatic heterocycles. The molecule has 0 saturated carbocycles. The Morgan fingerprint density at radius 1 is 1.13 bits per heavy atom. The zero-order valence-electron chi connectivity index (χ0n) is 13.8. The van der Waals surface area contributed by atoms with Crippen molar-refractivity contribution in [1.82, 2.24) is 10.2 Å². The van der Waals surface area contributed by atoms with E-state index in [0.29, 0.717) is 38.8 Å². The van der Waals surface area contributed by atoms with Crippen LogP contribution in [0.3, 0.4) is 0 Å². The molecule has 23 heavy (non-hydrogen) atoms. The highest BCUT2D eigenvalue weighted by Gasteiger charge is 2.29. The molecule has 2 aliphatic rings. The van der Waals surface area contributed by atoms with E-state index in [2.05, 4.69) is 5.32 Å². The molecule has 8 heteroatoms. The summed E-state index contributed by atoms with van der Waals surface area (Å²) in [6, 6.07) is 0. The first kappa shape index (κ1) is 18.9. The minimum Gasteiger partial charge on any atom is -0.481 e. The Bertz CT molecular complexity index is 461. The average Bonchev–Trinajstić information content (AvgIpc) is 2.81. The number of carbonyl (C=O) groups is 4. The van der Waals surface area contributed by atoms with E-state index < -0.39 is 11.6 Å². The molecule has 0 unspecified atom stereocenters. The first-order valence-corrected chi connectivity index (χ1v) is 7.62. The monoisotopic (exact) mass is 328 g/mol. The van der Waals surface area contributed by atoms with Gasteiger partial charge < -0.3 is 14.7 Å². The standard InChI is InChI=1S/C11H19NO4.C4H5NO2/c1-11(2,3)16-10(15)12-6-4-8(5-7-12)9(13)14;6-3-1-2-4(7)5-3/h8H,4-7H2,1-3H3,(H,13,14);1-2H2,(H,5,6,7). The maximum atomic E-state index is 11.6. The van der Waals surface area contributed by atoms with Gasteiger partial charge in [-0.1, -0.05) is 0 Å². The fraction of sp³-hybridized carbons (Fsp3) is 0.733. The number of hydrogen-bond acceptors (Lipinski definition) is 5. The van der Waals surface area contributed by atoms with Crippen LogP contribution in [-0.2, 0) is 19.1 Å². The SMILES string of the molecule is CC(C)(C)OC(=O)N1CCC(C(=O)O)CC1.O=C1CCC(=O)N1. The Labute approximate surface area is 135 Å². The Morgan fingerprint density at radius 2 is 1.61 bits per heavy atom. The Balaban J connectivity index is 0.000000313. The van der Waals surface area contributed by atoms with Gasteiger partial charge in [0.15, 0.2) is 0 Å². The van der Waals surface area contributed by atoms with Crippen molar-refractivity contribution in [3.63, 3.8) is 0 Å². The lowest BCUT2D eigenvalue weighted by atomic mass is 9.97. The molecule has 2 N–H and O–H groups in total. The van der Waals surface area contributed by atoms with Gasteiger partial charge in [0.1, 0.15) is 5.60 Å². The minimum atomic E-state index is -0.774. The average molecular weight is 328 g/mol. The van der Waals surface area contributed by atoms with Gasteiger partial charge in [-0.15, -0.1) is 0 Å². The van der Waals surface area contributed by atoms with Crippen LogP contribution in [0.25, 0.3) is 0 Å². The lowest BCUT2D eigenvalue weighted by molar-refractivity contribution is -0.143. The van der Waals surface area contributed by atoms with Crippen molar-refractivity contribution in [3.8, 4) is 0 Å². The number of carboxylic acid groups (broad SMARTS) is 1. The molecular weight excluding hydrogens is 304 g/mol. The van der Waals surface area contributed by atoms with E-state index in [0.717, 1.165) is 0 Å². The zero-order chi connectivity index (χ0) is 17.6. The summed E-state index contributed by atoms with van der Waals surface area (Å²) in [5, 5.41) is 11.0. The predicted octanol–water partition coefficient (Wildman–Crippen LogP) is 1.14. The zero-order valence-corrected chi connectivity index (χ0v) is 13.8. The second-order valence-electron chi connectivity index (χ2n) is 6.55. The number of imide groups is 1. The van der Waals surface area contributed by atoms with Crippen molar-refractivity contribution in [2.24, 2.45) is 5.92 Å². The second-order valence-corrected chi connectivity index (χ2v) is 6.55. The van der Waals surface area contributed by atoms with Crippen molar-refractivity contribution in [3.05, 3.63) is 0 Å². The van der Waals surface area contributed by atoms with E-state index in [1.165, 1.54) is 0 Å². The highest BCUT2D eigenvalue weighted by atomic mass is 16.6. The van der Waals surface area contributed by atoms with Gasteiger partial charge >= 0.3 is 12.1 Å². The smallest absolute Gasteiger partial charge is 0.410 e. The van der Waals surface area contributed by atoms with Crippen LogP contribution in [0.2, 0.25) is 0 Å². The van der Waals surface area contributed by atoms with Crippen LogP contribution in [0.1, 0.15) is 46.5 Å². The first-order chi connectivity index (χ1) is 10.6. The number of amides is 3. The summed E-state index contributed by atoms with van der Waals surface area (Å²) < 4.78 is 5.21. The molecule has 0 aliphatic carbocycles. The summed E-state index contributed by atoms with van der Waals surface area (Å²) in [6.45, 7) is 6.37. The highest BCUT2D eigenvalue weighted by molar-refractivity contribution is 6.01. The van der Waals surface area contributed by atoms with Crippen LogP contribution < -0.4 is 5.32 Å². The van der Waals surface area contributed by atoms with Crippen LogP contribution in [0.5, 0.6) is 0 Å². The Morgan fingerprint density at radius 3 is 1.91 bits per heavy atom. The number of nitrogens with one attached hydrogen (secondary N) is 1. The largest absolute Gasteiger partial charge is 0.481 e. The van der Waals surface area contributed by atoms with E-state index in [1.807, 2.05) is 20.8 Å². The predicted molar refractivity (Wildman–Crippen MR) is 80.6 cm³/mol. The molecule has 0 radical (unpaired) electrons. The van der Waals surface area contributed by atoms with E-state index in [-0.39, 0.29) is 23.8 Å². The number of piperidine rings is 1. The van der Waals surface area contributed by atoms with Crippen LogP contribution in [-0.4, -0.2) is 52.6 Å². The number of likely N-dealkylation sites (tertiary alicyclic amines) is 1. The molecular formula is C15H24N2O6. The molecule has 130 valence electrons. The lowest BCUT2D eigenvalue weighted by Crippen LogP contribution is -2.42. The number of aliphatic carboxylic acids is 1. The third-order valence-corrected chi connectivity index (χ3v) is 3.35. The Hall–Kier alpha value is -2.12. The quantitative estimate of drug-likeness (QED) is 0.698. The lowest BCUT2D eigenvalue weighted by Gasteiger charge is -2.32. The fourth-order valence-electron chi connectivity index (χ4n) is 2.14. The van der Waals surface area contributed by atoms with Crippen LogP contribution in [0, 0.1) is 5.92 Å². The van der Waals surface area contributed by atoms with Crippen LogP contribution in [0.15, 0.2) is 0 Å². The maximum Gasteiger partial charge on any atom is 0.410 e. The van der Waals surface area contributed by atoms with Crippen molar-refractivity contribution in [2.75, 3.05) is 13.1 Å². The summed E-state index contributed by atoms with van der Waals surface area (Å²) in [5.41, 5.74) is -0.499. The molecule has 2 aliphatic heterocycles. The summed E-state index contributed by atoms with van der Waals surface area (Å²) >= 11 is 0. The summed E-state index contributed by atoms with van der Waals surface area (Å²) in [6.07, 6.45) is 1.41. The van der Waals surface area contributed by atoms with Crippen molar-refractivity contribution < 1.29 is 29.0 Å². The molecule has 0 aromatic carbocycles. The number of ether oxygens (including phenoxy) is 1. The third kappa shape index (κ3) is 7.12. The molecule has 2 fully saturated rings. The third-order valence-electron chi connectivity index (χ3n) is 3.35.